The molecular weight excluding hydrogens is 152 g/mol. The van der Waals surface area contributed by atoms with Gasteiger partial charge in [-0.15, -0.1) is 0 Å². The zero-order chi connectivity index (χ0) is 8.60. The van der Waals surface area contributed by atoms with Crippen LogP contribution in [0.1, 0.15) is 19.3 Å². The maximum Gasteiger partial charge on any atom is 0.0622 e. The van der Waals surface area contributed by atoms with Crippen LogP contribution in [0.3, 0.4) is 0 Å². The van der Waals surface area contributed by atoms with E-state index in [9.17, 15) is 0 Å². The molecule has 1 heterocycles. The highest BCUT2D eigenvalue weighted by atomic mass is 16.5. The second-order valence-corrected chi connectivity index (χ2v) is 4.06. The van der Waals surface area contributed by atoms with Gasteiger partial charge < -0.3 is 10.5 Å². The van der Waals surface area contributed by atoms with E-state index in [-0.39, 0.29) is 0 Å². The molecular formula is C9H18N2O. The Morgan fingerprint density at radius 2 is 2.33 bits per heavy atom. The summed E-state index contributed by atoms with van der Waals surface area (Å²) in [6.45, 7) is 2.63. The van der Waals surface area contributed by atoms with Crippen LogP contribution < -0.4 is 5.73 Å². The highest BCUT2D eigenvalue weighted by Crippen LogP contribution is 2.41. The van der Waals surface area contributed by atoms with Crippen LogP contribution in [0.15, 0.2) is 0 Å². The third kappa shape index (κ3) is 1.26. The molecule has 0 aromatic rings. The van der Waals surface area contributed by atoms with Crippen LogP contribution in [0.2, 0.25) is 0 Å². The highest BCUT2D eigenvalue weighted by molar-refractivity contribution is 5.05. The van der Waals surface area contributed by atoms with Crippen LogP contribution in [0.5, 0.6) is 0 Å². The van der Waals surface area contributed by atoms with Crippen LogP contribution in [0.25, 0.3) is 0 Å². The van der Waals surface area contributed by atoms with E-state index in [1.807, 2.05) is 0 Å². The Hall–Kier alpha value is -0.120. The molecule has 2 fully saturated rings. The normalized spacial score (nSPS) is 32.8. The number of hydrogen-bond acceptors (Lipinski definition) is 3. The van der Waals surface area contributed by atoms with Gasteiger partial charge in [0, 0.05) is 24.7 Å². The van der Waals surface area contributed by atoms with Crippen molar-refractivity contribution in [2.24, 2.45) is 5.73 Å². The van der Waals surface area contributed by atoms with Crippen LogP contribution in [-0.4, -0.2) is 43.3 Å². The molecule has 2 aliphatic rings. The first kappa shape index (κ1) is 8.48. The third-order valence-electron chi connectivity index (χ3n) is 3.41. The molecule has 0 bridgehead atoms. The first-order valence-corrected chi connectivity index (χ1v) is 4.79. The predicted molar refractivity (Wildman–Crippen MR) is 48.0 cm³/mol. The molecule has 1 unspecified atom stereocenters. The Kier molecular flexibility index (Phi) is 2.10. The van der Waals surface area contributed by atoms with Crippen LogP contribution in [0.4, 0.5) is 0 Å². The van der Waals surface area contributed by atoms with E-state index in [1.165, 1.54) is 19.3 Å². The number of rotatable bonds is 3. The molecule has 1 atom stereocenters. The van der Waals surface area contributed by atoms with E-state index in [1.54, 1.807) is 0 Å². The molecule has 0 aromatic carbocycles. The number of nitrogens with two attached hydrogens (primary N) is 1. The summed E-state index contributed by atoms with van der Waals surface area (Å²) in [6, 6.07) is 0.621. The lowest BCUT2D eigenvalue weighted by Crippen LogP contribution is -2.46. The minimum atomic E-state index is 0.346. The van der Waals surface area contributed by atoms with Crippen molar-refractivity contribution in [3.63, 3.8) is 0 Å². The fourth-order valence-electron chi connectivity index (χ4n) is 2.06. The Morgan fingerprint density at radius 3 is 2.75 bits per heavy atom. The van der Waals surface area contributed by atoms with Crippen molar-refractivity contribution in [2.75, 3.05) is 26.8 Å². The average Bonchev–Trinajstić information content (AvgIpc) is 2.71. The quantitative estimate of drug-likeness (QED) is 0.657. The first-order chi connectivity index (χ1) is 5.78. The molecule has 12 heavy (non-hydrogen) atoms. The van der Waals surface area contributed by atoms with Gasteiger partial charge in [-0.25, -0.2) is 0 Å². The standard InChI is InChI=1S/C9H18N2O/c1-11(8-2-5-12-6-8)9(7-10)3-4-9/h8H,2-7,10H2,1H3. The van der Waals surface area contributed by atoms with E-state index in [2.05, 4.69) is 11.9 Å². The second-order valence-electron chi connectivity index (χ2n) is 4.06. The minimum absolute atomic E-state index is 0.346. The summed E-state index contributed by atoms with van der Waals surface area (Å²) < 4.78 is 5.36. The molecule has 1 aliphatic carbocycles. The molecule has 0 spiro atoms. The summed E-state index contributed by atoms with van der Waals surface area (Å²) in [5.41, 5.74) is 6.10. The van der Waals surface area contributed by atoms with Gasteiger partial charge in [-0.2, -0.15) is 0 Å². The van der Waals surface area contributed by atoms with Gasteiger partial charge in [-0.3, -0.25) is 4.90 Å². The predicted octanol–water partition coefficient (Wildman–Crippen LogP) is 0.198. The Labute approximate surface area is 73.9 Å². The summed E-state index contributed by atoms with van der Waals surface area (Å²) in [5.74, 6) is 0. The monoisotopic (exact) mass is 170 g/mol. The van der Waals surface area contributed by atoms with E-state index in [0.717, 1.165) is 19.8 Å². The van der Waals surface area contributed by atoms with Crippen molar-refractivity contribution in [1.29, 1.82) is 0 Å². The fraction of sp³-hybridized carbons (Fsp3) is 1.00. The smallest absolute Gasteiger partial charge is 0.0622 e. The third-order valence-corrected chi connectivity index (χ3v) is 3.41. The average molecular weight is 170 g/mol. The van der Waals surface area contributed by atoms with Gasteiger partial charge in [0.2, 0.25) is 0 Å². The van der Waals surface area contributed by atoms with E-state index in [0.29, 0.717) is 11.6 Å². The van der Waals surface area contributed by atoms with Gasteiger partial charge in [-0.05, 0) is 26.3 Å². The molecule has 2 rings (SSSR count). The van der Waals surface area contributed by atoms with E-state index in [4.69, 9.17) is 10.5 Å². The number of likely N-dealkylation sites (N-methyl/N-ethyl adjacent to an activating group) is 1. The molecule has 3 nitrogen and oxygen atoms in total. The summed E-state index contributed by atoms with van der Waals surface area (Å²) >= 11 is 0. The maximum atomic E-state index is 5.75. The van der Waals surface area contributed by atoms with Gasteiger partial charge in [0.25, 0.3) is 0 Å². The fourth-order valence-corrected chi connectivity index (χ4v) is 2.06. The Balaban J connectivity index is 1.94. The van der Waals surface area contributed by atoms with Crippen LogP contribution >= 0.6 is 0 Å². The van der Waals surface area contributed by atoms with Crippen molar-refractivity contribution < 1.29 is 4.74 Å². The van der Waals surface area contributed by atoms with Crippen molar-refractivity contribution in [1.82, 2.24) is 4.90 Å². The van der Waals surface area contributed by atoms with Crippen molar-refractivity contribution in [2.45, 2.75) is 30.8 Å². The molecule has 2 N–H and O–H groups in total. The van der Waals surface area contributed by atoms with E-state index < -0.39 is 0 Å². The lowest BCUT2D eigenvalue weighted by Gasteiger charge is -2.31. The molecule has 3 heteroatoms. The SMILES string of the molecule is CN(C1CCOC1)C1(CN)CC1. The van der Waals surface area contributed by atoms with Crippen molar-refractivity contribution in [3.05, 3.63) is 0 Å². The van der Waals surface area contributed by atoms with E-state index >= 15 is 0 Å². The lowest BCUT2D eigenvalue weighted by molar-refractivity contribution is 0.124. The molecule has 0 amide bonds. The minimum Gasteiger partial charge on any atom is -0.380 e. The van der Waals surface area contributed by atoms with Gasteiger partial charge in [0.1, 0.15) is 0 Å². The molecule has 1 aliphatic heterocycles. The number of hydrogen-bond donors (Lipinski definition) is 1. The number of ether oxygens (including phenoxy) is 1. The molecule has 1 saturated heterocycles. The Morgan fingerprint density at radius 1 is 1.58 bits per heavy atom. The summed E-state index contributed by atoms with van der Waals surface area (Å²) in [6.07, 6.45) is 3.73. The molecule has 0 radical (unpaired) electrons. The van der Waals surface area contributed by atoms with Crippen LogP contribution in [-0.2, 0) is 4.74 Å². The maximum absolute atomic E-state index is 5.75. The lowest BCUT2D eigenvalue weighted by atomic mass is 10.1. The molecule has 70 valence electrons. The van der Waals surface area contributed by atoms with Gasteiger partial charge in [0.15, 0.2) is 0 Å². The van der Waals surface area contributed by atoms with Gasteiger partial charge >= 0.3 is 0 Å². The number of nitrogens with zero attached hydrogens (tertiary/aromatic N) is 1. The van der Waals surface area contributed by atoms with Gasteiger partial charge in [0.05, 0.1) is 6.61 Å². The van der Waals surface area contributed by atoms with Crippen molar-refractivity contribution >= 4 is 0 Å². The molecule has 1 saturated carbocycles. The van der Waals surface area contributed by atoms with Crippen LogP contribution in [0, 0.1) is 0 Å². The highest BCUT2D eigenvalue weighted by Gasteiger charge is 2.47. The summed E-state index contributed by atoms with van der Waals surface area (Å²) in [7, 11) is 2.19. The second kappa shape index (κ2) is 2.98. The summed E-state index contributed by atoms with van der Waals surface area (Å²) in [4.78, 5) is 2.44. The topological polar surface area (TPSA) is 38.5 Å². The zero-order valence-corrected chi connectivity index (χ0v) is 7.75. The molecule has 0 aromatic heterocycles. The zero-order valence-electron chi connectivity index (χ0n) is 7.75. The summed E-state index contributed by atoms with van der Waals surface area (Å²) in [5, 5.41) is 0. The largest absolute Gasteiger partial charge is 0.380 e. The first-order valence-electron chi connectivity index (χ1n) is 4.79. The van der Waals surface area contributed by atoms with Gasteiger partial charge in [-0.1, -0.05) is 0 Å². The van der Waals surface area contributed by atoms with Crippen molar-refractivity contribution in [3.8, 4) is 0 Å². The Bertz CT molecular complexity index is 162.